The standard InChI is InChI=1S/C15H15N3OS/c16-13-5-8-20-14-9-10(1-2-12(13)14)15(19)18-11-3-6-17-7-4-11/h1-4,6-7,9,13H,5,8,16H2,(H,17,18,19). The molecule has 1 amide bonds. The largest absolute Gasteiger partial charge is 0.324 e. The van der Waals surface area contributed by atoms with Gasteiger partial charge >= 0.3 is 0 Å². The molecule has 102 valence electrons. The van der Waals surface area contributed by atoms with Gasteiger partial charge in [-0.1, -0.05) is 6.07 Å². The van der Waals surface area contributed by atoms with E-state index in [1.54, 1.807) is 36.3 Å². The second-order valence-electron chi connectivity index (χ2n) is 4.69. The number of carbonyl (C=O) groups excluding carboxylic acids is 1. The fourth-order valence-electron chi connectivity index (χ4n) is 2.20. The third-order valence-corrected chi connectivity index (χ3v) is 4.40. The van der Waals surface area contributed by atoms with Crippen LogP contribution >= 0.6 is 11.8 Å². The van der Waals surface area contributed by atoms with E-state index in [9.17, 15) is 4.79 Å². The summed E-state index contributed by atoms with van der Waals surface area (Å²) >= 11 is 1.76. The highest BCUT2D eigenvalue weighted by Crippen LogP contribution is 2.35. The molecule has 1 atom stereocenters. The number of nitrogens with one attached hydrogen (secondary N) is 1. The van der Waals surface area contributed by atoms with Gasteiger partial charge in [-0.2, -0.15) is 0 Å². The summed E-state index contributed by atoms with van der Waals surface area (Å²) in [6.07, 6.45) is 4.29. The topological polar surface area (TPSA) is 68.0 Å². The van der Waals surface area contributed by atoms with Crippen molar-refractivity contribution in [1.82, 2.24) is 4.98 Å². The Balaban J connectivity index is 1.82. The molecule has 3 rings (SSSR count). The summed E-state index contributed by atoms with van der Waals surface area (Å²) in [5.41, 5.74) is 8.61. The number of aromatic nitrogens is 1. The van der Waals surface area contributed by atoms with Gasteiger partial charge in [-0.15, -0.1) is 11.8 Å². The third kappa shape index (κ3) is 2.69. The Morgan fingerprint density at radius 2 is 2.10 bits per heavy atom. The summed E-state index contributed by atoms with van der Waals surface area (Å²) in [6, 6.07) is 9.34. The van der Waals surface area contributed by atoms with Gasteiger partial charge in [0.25, 0.3) is 5.91 Å². The maximum absolute atomic E-state index is 12.2. The molecule has 0 saturated carbocycles. The Kier molecular flexibility index (Phi) is 3.71. The van der Waals surface area contributed by atoms with Crippen LogP contribution in [0.2, 0.25) is 0 Å². The average Bonchev–Trinajstić information content (AvgIpc) is 2.48. The fourth-order valence-corrected chi connectivity index (χ4v) is 3.38. The number of nitrogens with two attached hydrogens (primary N) is 1. The second kappa shape index (κ2) is 5.64. The van der Waals surface area contributed by atoms with Crippen molar-refractivity contribution in [3.63, 3.8) is 0 Å². The van der Waals surface area contributed by atoms with Crippen molar-refractivity contribution in [3.05, 3.63) is 53.9 Å². The van der Waals surface area contributed by atoms with Crippen molar-refractivity contribution >= 4 is 23.4 Å². The molecule has 20 heavy (non-hydrogen) atoms. The number of hydrogen-bond donors (Lipinski definition) is 2. The molecule has 3 N–H and O–H groups in total. The van der Waals surface area contributed by atoms with Crippen molar-refractivity contribution in [2.24, 2.45) is 5.73 Å². The summed E-state index contributed by atoms with van der Waals surface area (Å²) in [6.45, 7) is 0. The van der Waals surface area contributed by atoms with E-state index in [2.05, 4.69) is 10.3 Å². The molecule has 5 heteroatoms. The second-order valence-corrected chi connectivity index (χ2v) is 5.82. The van der Waals surface area contributed by atoms with Crippen LogP contribution in [0.15, 0.2) is 47.6 Å². The molecule has 0 radical (unpaired) electrons. The highest BCUT2D eigenvalue weighted by atomic mass is 32.2. The molecule has 0 aliphatic carbocycles. The molecule has 4 nitrogen and oxygen atoms in total. The van der Waals surface area contributed by atoms with Gasteiger partial charge in [0.2, 0.25) is 0 Å². The fraction of sp³-hybridized carbons (Fsp3) is 0.200. The Bertz CT molecular complexity index is 630. The number of benzene rings is 1. The number of fused-ring (bicyclic) bond motifs is 1. The van der Waals surface area contributed by atoms with Crippen LogP contribution in [0.4, 0.5) is 5.69 Å². The monoisotopic (exact) mass is 285 g/mol. The zero-order chi connectivity index (χ0) is 13.9. The minimum Gasteiger partial charge on any atom is -0.324 e. The van der Waals surface area contributed by atoms with Crippen LogP contribution in [-0.2, 0) is 0 Å². The van der Waals surface area contributed by atoms with Crippen LogP contribution in [0.1, 0.15) is 28.4 Å². The Morgan fingerprint density at radius 1 is 1.30 bits per heavy atom. The van der Waals surface area contributed by atoms with E-state index < -0.39 is 0 Å². The molecule has 1 aliphatic rings. The molecule has 1 aliphatic heterocycles. The molecular weight excluding hydrogens is 270 g/mol. The number of nitrogens with zero attached hydrogens (tertiary/aromatic N) is 1. The van der Waals surface area contributed by atoms with Gasteiger partial charge in [-0.05, 0) is 42.0 Å². The van der Waals surface area contributed by atoms with Gasteiger partial charge in [-0.3, -0.25) is 9.78 Å². The van der Waals surface area contributed by atoms with Gasteiger partial charge in [0.05, 0.1) is 0 Å². The van der Waals surface area contributed by atoms with Crippen LogP contribution in [0.3, 0.4) is 0 Å². The molecule has 1 unspecified atom stereocenters. The first-order chi connectivity index (χ1) is 9.74. The predicted molar refractivity (Wildman–Crippen MR) is 80.9 cm³/mol. The first-order valence-corrected chi connectivity index (χ1v) is 7.46. The molecule has 0 spiro atoms. The number of rotatable bonds is 2. The molecule has 0 bridgehead atoms. The minimum atomic E-state index is -0.112. The first-order valence-electron chi connectivity index (χ1n) is 6.48. The van der Waals surface area contributed by atoms with E-state index in [1.807, 2.05) is 18.2 Å². The lowest BCUT2D eigenvalue weighted by molar-refractivity contribution is 0.102. The van der Waals surface area contributed by atoms with Crippen molar-refractivity contribution < 1.29 is 4.79 Å². The lowest BCUT2D eigenvalue weighted by atomic mass is 10.0. The van der Waals surface area contributed by atoms with Crippen LogP contribution in [0.5, 0.6) is 0 Å². The van der Waals surface area contributed by atoms with Crippen LogP contribution in [0, 0.1) is 0 Å². The van der Waals surface area contributed by atoms with Gasteiger partial charge < -0.3 is 11.1 Å². The zero-order valence-corrected chi connectivity index (χ0v) is 11.7. The molecule has 2 aromatic rings. The van der Waals surface area contributed by atoms with Crippen LogP contribution in [-0.4, -0.2) is 16.6 Å². The molecule has 0 saturated heterocycles. The number of pyridine rings is 1. The summed E-state index contributed by atoms with van der Waals surface area (Å²) < 4.78 is 0. The van der Waals surface area contributed by atoms with Crippen molar-refractivity contribution in [3.8, 4) is 0 Å². The van der Waals surface area contributed by atoms with Crippen LogP contribution < -0.4 is 11.1 Å². The Labute approximate surface area is 121 Å². The zero-order valence-electron chi connectivity index (χ0n) is 10.9. The Hall–Kier alpha value is -1.85. The van der Waals surface area contributed by atoms with E-state index in [0.29, 0.717) is 5.56 Å². The van der Waals surface area contributed by atoms with E-state index in [0.717, 1.165) is 28.3 Å². The number of thioether (sulfide) groups is 1. The number of carbonyl (C=O) groups is 1. The van der Waals surface area contributed by atoms with Gasteiger partial charge in [0.1, 0.15) is 0 Å². The van der Waals surface area contributed by atoms with Gasteiger partial charge in [0, 0.05) is 34.6 Å². The maximum Gasteiger partial charge on any atom is 0.255 e. The molecule has 1 aromatic heterocycles. The summed E-state index contributed by atoms with van der Waals surface area (Å²) in [7, 11) is 0. The molecular formula is C15H15N3OS. The normalized spacial score (nSPS) is 17.4. The SMILES string of the molecule is NC1CCSc2cc(C(=O)Nc3ccncc3)ccc21. The summed E-state index contributed by atoms with van der Waals surface area (Å²) in [4.78, 5) is 17.2. The van der Waals surface area contributed by atoms with Gasteiger partial charge in [-0.25, -0.2) is 0 Å². The third-order valence-electron chi connectivity index (χ3n) is 3.30. The molecule has 1 aromatic carbocycles. The molecule has 0 fully saturated rings. The van der Waals surface area contributed by atoms with Crippen molar-refractivity contribution in [2.75, 3.05) is 11.1 Å². The number of amides is 1. The smallest absolute Gasteiger partial charge is 0.255 e. The Morgan fingerprint density at radius 3 is 2.90 bits per heavy atom. The average molecular weight is 285 g/mol. The lowest BCUT2D eigenvalue weighted by Gasteiger charge is -2.22. The summed E-state index contributed by atoms with van der Waals surface area (Å²) in [5.74, 6) is 0.891. The van der Waals surface area contributed by atoms with Crippen molar-refractivity contribution in [2.45, 2.75) is 17.4 Å². The highest BCUT2D eigenvalue weighted by molar-refractivity contribution is 7.99. The van der Waals surface area contributed by atoms with E-state index in [4.69, 9.17) is 5.73 Å². The lowest BCUT2D eigenvalue weighted by Crippen LogP contribution is -2.17. The predicted octanol–water partition coefficient (Wildman–Crippen LogP) is 2.83. The van der Waals surface area contributed by atoms with Gasteiger partial charge in [0.15, 0.2) is 0 Å². The number of anilines is 1. The van der Waals surface area contributed by atoms with Crippen molar-refractivity contribution in [1.29, 1.82) is 0 Å². The van der Waals surface area contributed by atoms with E-state index in [1.165, 1.54) is 0 Å². The molecule has 2 heterocycles. The van der Waals surface area contributed by atoms with E-state index >= 15 is 0 Å². The quantitative estimate of drug-likeness (QED) is 0.890. The highest BCUT2D eigenvalue weighted by Gasteiger charge is 2.18. The van der Waals surface area contributed by atoms with E-state index in [-0.39, 0.29) is 11.9 Å². The van der Waals surface area contributed by atoms with Crippen LogP contribution in [0.25, 0.3) is 0 Å². The maximum atomic E-state index is 12.2. The minimum absolute atomic E-state index is 0.0866. The number of hydrogen-bond acceptors (Lipinski definition) is 4. The first kappa shape index (κ1) is 13.1. The summed E-state index contributed by atoms with van der Waals surface area (Å²) in [5, 5.41) is 2.86.